The molecule has 0 amide bonds. The standard InChI is InChI=1S/C17H18N4/c1-20(2)11-16-12-21(10-14-6-4-3-5-7-14)13-17(16)15(8-18)9-19/h3-7,11H,10,12-13H2,1-2H3/b16-11-. The Kier molecular flexibility index (Phi) is 4.77. The minimum absolute atomic E-state index is 0.221. The summed E-state index contributed by atoms with van der Waals surface area (Å²) in [5, 5.41) is 18.2. The smallest absolute Gasteiger partial charge is 0.134 e. The van der Waals surface area contributed by atoms with Crippen molar-refractivity contribution in [3.05, 3.63) is 58.8 Å². The summed E-state index contributed by atoms with van der Waals surface area (Å²) in [6.07, 6.45) is 2.00. The summed E-state index contributed by atoms with van der Waals surface area (Å²) < 4.78 is 0. The maximum absolute atomic E-state index is 9.12. The van der Waals surface area contributed by atoms with E-state index < -0.39 is 0 Å². The van der Waals surface area contributed by atoms with Gasteiger partial charge in [0, 0.05) is 45.5 Å². The molecule has 1 heterocycles. The molecule has 4 heteroatoms. The molecule has 21 heavy (non-hydrogen) atoms. The van der Waals surface area contributed by atoms with Gasteiger partial charge in [0.05, 0.1) is 0 Å². The van der Waals surface area contributed by atoms with Gasteiger partial charge in [-0.05, 0) is 11.1 Å². The van der Waals surface area contributed by atoms with Gasteiger partial charge in [0.25, 0.3) is 0 Å². The van der Waals surface area contributed by atoms with Crippen molar-refractivity contribution in [1.29, 1.82) is 10.5 Å². The zero-order valence-corrected chi connectivity index (χ0v) is 12.4. The van der Waals surface area contributed by atoms with Crippen molar-refractivity contribution in [1.82, 2.24) is 9.80 Å². The van der Waals surface area contributed by atoms with Crippen LogP contribution >= 0.6 is 0 Å². The molecule has 106 valence electrons. The molecule has 2 rings (SSSR count). The summed E-state index contributed by atoms with van der Waals surface area (Å²) in [4.78, 5) is 4.20. The lowest BCUT2D eigenvalue weighted by Gasteiger charge is -2.14. The topological polar surface area (TPSA) is 54.1 Å². The Labute approximate surface area is 125 Å². The predicted octanol–water partition coefficient (Wildman–Crippen LogP) is 2.29. The third-order valence-corrected chi connectivity index (χ3v) is 3.35. The highest BCUT2D eigenvalue weighted by Crippen LogP contribution is 2.26. The fraction of sp³-hybridized carbons (Fsp3) is 0.294. The first-order valence-electron chi connectivity index (χ1n) is 6.81. The molecule has 0 atom stereocenters. The molecule has 1 aromatic carbocycles. The first kappa shape index (κ1) is 14.8. The molecular formula is C17H18N4. The van der Waals surface area contributed by atoms with Crippen molar-refractivity contribution >= 4 is 0 Å². The monoisotopic (exact) mass is 278 g/mol. The van der Waals surface area contributed by atoms with Gasteiger partial charge in [-0.3, -0.25) is 4.90 Å². The average Bonchev–Trinajstić information content (AvgIpc) is 2.83. The number of nitriles is 2. The second-order valence-corrected chi connectivity index (χ2v) is 5.33. The van der Waals surface area contributed by atoms with E-state index in [9.17, 15) is 0 Å². The molecule has 0 unspecified atom stereocenters. The first-order valence-corrected chi connectivity index (χ1v) is 6.81. The highest BCUT2D eigenvalue weighted by molar-refractivity contribution is 5.52. The fourth-order valence-corrected chi connectivity index (χ4v) is 2.50. The van der Waals surface area contributed by atoms with Crippen LogP contribution < -0.4 is 0 Å². The van der Waals surface area contributed by atoms with E-state index in [-0.39, 0.29) is 5.57 Å². The summed E-state index contributed by atoms with van der Waals surface area (Å²) in [6.45, 7) is 2.22. The van der Waals surface area contributed by atoms with Gasteiger partial charge < -0.3 is 4.90 Å². The third-order valence-electron chi connectivity index (χ3n) is 3.35. The van der Waals surface area contributed by atoms with Crippen LogP contribution in [0.25, 0.3) is 0 Å². The van der Waals surface area contributed by atoms with E-state index in [1.165, 1.54) is 5.56 Å². The van der Waals surface area contributed by atoms with E-state index in [0.717, 1.165) is 24.2 Å². The van der Waals surface area contributed by atoms with E-state index in [1.54, 1.807) is 0 Å². The van der Waals surface area contributed by atoms with Crippen LogP contribution in [0.4, 0.5) is 0 Å². The normalized spacial score (nSPS) is 16.6. The van der Waals surface area contributed by atoms with Crippen LogP contribution in [-0.4, -0.2) is 37.0 Å². The molecule has 1 saturated heterocycles. The molecule has 0 aromatic heterocycles. The Morgan fingerprint density at radius 2 is 1.86 bits per heavy atom. The van der Waals surface area contributed by atoms with Crippen molar-refractivity contribution < 1.29 is 0 Å². The van der Waals surface area contributed by atoms with Crippen LogP contribution in [0.5, 0.6) is 0 Å². The Morgan fingerprint density at radius 1 is 1.19 bits per heavy atom. The maximum atomic E-state index is 9.12. The van der Waals surface area contributed by atoms with Crippen LogP contribution in [0, 0.1) is 22.7 Å². The van der Waals surface area contributed by atoms with Gasteiger partial charge in [0.15, 0.2) is 0 Å². The summed E-state index contributed by atoms with van der Waals surface area (Å²) in [6, 6.07) is 14.3. The molecule has 1 aliphatic rings. The SMILES string of the molecule is CN(C)/C=C1/CN(Cc2ccccc2)CC1=C(C#N)C#N. The zero-order valence-electron chi connectivity index (χ0n) is 12.4. The van der Waals surface area contributed by atoms with Gasteiger partial charge >= 0.3 is 0 Å². The summed E-state index contributed by atoms with van der Waals surface area (Å²) in [5.41, 5.74) is 3.36. The molecular weight excluding hydrogens is 260 g/mol. The minimum atomic E-state index is 0.221. The summed E-state index contributed by atoms with van der Waals surface area (Å²) in [7, 11) is 3.89. The van der Waals surface area contributed by atoms with E-state index in [4.69, 9.17) is 10.5 Å². The third kappa shape index (κ3) is 3.72. The van der Waals surface area contributed by atoms with Crippen LogP contribution in [0.3, 0.4) is 0 Å². The number of hydrogen-bond donors (Lipinski definition) is 0. The van der Waals surface area contributed by atoms with Crippen molar-refractivity contribution in [3.63, 3.8) is 0 Å². The lowest BCUT2D eigenvalue weighted by molar-refractivity contribution is 0.346. The second-order valence-electron chi connectivity index (χ2n) is 5.33. The lowest BCUT2D eigenvalue weighted by Crippen LogP contribution is -2.19. The largest absolute Gasteiger partial charge is 0.383 e. The van der Waals surface area contributed by atoms with Gasteiger partial charge in [-0.2, -0.15) is 10.5 Å². The van der Waals surface area contributed by atoms with Crippen LogP contribution in [-0.2, 0) is 6.54 Å². The molecule has 4 nitrogen and oxygen atoms in total. The summed E-state index contributed by atoms with van der Waals surface area (Å²) in [5.74, 6) is 0. The molecule has 1 aliphatic heterocycles. The van der Waals surface area contributed by atoms with Crippen molar-refractivity contribution in [2.24, 2.45) is 0 Å². The number of hydrogen-bond acceptors (Lipinski definition) is 4. The van der Waals surface area contributed by atoms with Crippen LogP contribution in [0.15, 0.2) is 53.3 Å². The number of likely N-dealkylation sites (tertiary alicyclic amines) is 1. The fourth-order valence-electron chi connectivity index (χ4n) is 2.50. The first-order chi connectivity index (χ1) is 10.1. The molecule has 0 radical (unpaired) electrons. The number of rotatable bonds is 3. The average molecular weight is 278 g/mol. The molecule has 0 bridgehead atoms. The number of benzene rings is 1. The van der Waals surface area contributed by atoms with Gasteiger partial charge in [-0.25, -0.2) is 0 Å². The van der Waals surface area contributed by atoms with Gasteiger partial charge in [-0.1, -0.05) is 30.3 Å². The highest BCUT2D eigenvalue weighted by atomic mass is 15.1. The molecule has 0 N–H and O–H groups in total. The number of nitrogens with zero attached hydrogens (tertiary/aromatic N) is 4. The van der Waals surface area contributed by atoms with E-state index >= 15 is 0 Å². The van der Waals surface area contributed by atoms with Gasteiger partial charge in [-0.15, -0.1) is 0 Å². The minimum Gasteiger partial charge on any atom is -0.383 e. The molecule has 1 aromatic rings. The highest BCUT2D eigenvalue weighted by Gasteiger charge is 2.25. The zero-order chi connectivity index (χ0) is 15.2. The Bertz CT molecular complexity index is 626. The van der Waals surface area contributed by atoms with E-state index in [0.29, 0.717) is 6.54 Å². The van der Waals surface area contributed by atoms with E-state index in [2.05, 4.69) is 17.0 Å². The Balaban J connectivity index is 2.26. The Morgan fingerprint density at radius 3 is 2.43 bits per heavy atom. The van der Waals surface area contributed by atoms with Crippen LogP contribution in [0.1, 0.15) is 5.56 Å². The van der Waals surface area contributed by atoms with Crippen molar-refractivity contribution in [2.75, 3.05) is 27.2 Å². The Hall–Kier alpha value is -2.56. The molecule has 0 spiro atoms. The lowest BCUT2D eigenvalue weighted by atomic mass is 10.1. The van der Waals surface area contributed by atoms with Crippen LogP contribution in [0.2, 0.25) is 0 Å². The van der Waals surface area contributed by atoms with Crippen molar-refractivity contribution in [2.45, 2.75) is 6.54 Å². The quantitative estimate of drug-likeness (QED) is 0.796. The van der Waals surface area contributed by atoms with Crippen molar-refractivity contribution in [3.8, 4) is 12.1 Å². The van der Waals surface area contributed by atoms with Gasteiger partial charge in [0.1, 0.15) is 17.7 Å². The molecule has 0 aliphatic carbocycles. The molecule has 1 fully saturated rings. The van der Waals surface area contributed by atoms with Gasteiger partial charge in [0.2, 0.25) is 0 Å². The second kappa shape index (κ2) is 6.74. The molecule has 0 saturated carbocycles. The summed E-state index contributed by atoms with van der Waals surface area (Å²) >= 11 is 0. The number of allylic oxidation sites excluding steroid dienone is 1. The predicted molar refractivity (Wildman–Crippen MR) is 81.7 cm³/mol. The van der Waals surface area contributed by atoms with E-state index in [1.807, 2.05) is 55.5 Å². The maximum Gasteiger partial charge on any atom is 0.134 e.